The van der Waals surface area contributed by atoms with Gasteiger partial charge in [0.15, 0.2) is 68.6 Å². The van der Waals surface area contributed by atoms with Gasteiger partial charge in [0.2, 0.25) is 28.6 Å². The van der Waals surface area contributed by atoms with Gasteiger partial charge in [-0.1, -0.05) is 60.7 Å². The van der Waals surface area contributed by atoms with Crippen LogP contribution >= 0.6 is 0 Å². The van der Waals surface area contributed by atoms with Gasteiger partial charge in [0.25, 0.3) is 0 Å². The second kappa shape index (κ2) is 33.6. The van der Waals surface area contributed by atoms with E-state index in [1.807, 2.05) is 244 Å². The van der Waals surface area contributed by atoms with Crippen molar-refractivity contribution >= 4 is 197 Å². The molecule has 27 heteroatoms. The standard InChI is InChI=1S/2C23H24N4O.C22H23N5O.C21H20N4O.C20H19N5O/c2*1-13(2)26-16(5)27(19-7-6-12-24-22(19)26)20-14(3)8-10-17-18-11-9-15(4)25-23(18)28-21(17)20;1-12(2)26-15(5)27(21-20(26)23-10-11-24-21)18-13(3)6-8-16-17-9-7-14(4)25-22(17)28-19(16)18;1-12-7-9-15-16-10-8-13(2)23-21(16)26-19(15)18(12)25-14(3)24(4)20-17(25)6-5-11-22-20;1-11-5-7-14-15-8-6-12(2)23-20(15)26-17(14)16(11)25-13(3)24(4)18-19(25)22-10-9-21-18/h2*6-13,16H,1-5H3;6-12,15H,1-5H3;5-11,14H,1-4H3;5-10,13H,1-4H3/i1D3,13D;13D;12D;2*4D3. The van der Waals surface area contributed by atoms with Crippen molar-refractivity contribution in [1.82, 2.24) is 59.8 Å². The van der Waals surface area contributed by atoms with Crippen LogP contribution in [0, 0.1) is 69.2 Å². The minimum atomic E-state index is -2.53. The van der Waals surface area contributed by atoms with Crippen molar-refractivity contribution in [2.45, 2.75) is 194 Å². The molecule has 0 spiro atoms. The smallest absolute Gasteiger partial charge is 0.227 e. The highest BCUT2D eigenvalue weighted by molar-refractivity contribution is 6.15. The summed E-state index contributed by atoms with van der Waals surface area (Å²) >= 11 is 0. The lowest BCUT2D eigenvalue weighted by molar-refractivity contribution is 0.597. The van der Waals surface area contributed by atoms with Crippen LogP contribution in [0.1, 0.15) is 149 Å². The fourth-order valence-corrected chi connectivity index (χ4v) is 20.1. The highest BCUT2D eigenvalue weighted by Gasteiger charge is 2.44. The van der Waals surface area contributed by atoms with Crippen LogP contribution in [0.2, 0.25) is 0 Å². The molecule has 20 heterocycles. The molecule has 0 radical (unpaired) electrons. The van der Waals surface area contributed by atoms with Gasteiger partial charge < -0.3 is 61.3 Å². The van der Waals surface area contributed by atoms with E-state index in [4.69, 9.17) is 38.5 Å². The van der Waals surface area contributed by atoms with E-state index in [0.29, 0.717) is 74.4 Å². The Labute approximate surface area is 805 Å². The molecule has 136 heavy (non-hydrogen) atoms. The number of fused-ring (bicyclic) bond motifs is 20. The molecule has 5 aromatic carbocycles. The highest BCUT2D eigenvalue weighted by Crippen LogP contribution is 2.55. The Kier molecular flexibility index (Phi) is 18.3. The number of furan rings is 5. The van der Waals surface area contributed by atoms with E-state index >= 15 is 0 Å². The predicted octanol–water partition coefficient (Wildman–Crippen LogP) is 25.8. The van der Waals surface area contributed by atoms with Gasteiger partial charge in [0.05, 0.1) is 49.6 Å². The Hall–Kier alpha value is -15.5. The second-order valence-corrected chi connectivity index (χ2v) is 35.9. The minimum absolute atomic E-state index is 0.0837. The summed E-state index contributed by atoms with van der Waals surface area (Å²) in [6, 6.07) is 48.5. The molecule has 6 atom stereocenters. The summed E-state index contributed by atoms with van der Waals surface area (Å²) in [5.41, 5.74) is 23.1. The lowest BCUT2D eigenvalue weighted by Gasteiger charge is -2.33. The van der Waals surface area contributed by atoms with Crippen LogP contribution in [-0.2, 0) is 0 Å². The van der Waals surface area contributed by atoms with Gasteiger partial charge in [-0.05, 0) is 270 Å². The van der Waals surface area contributed by atoms with E-state index < -0.39 is 57.4 Å². The van der Waals surface area contributed by atoms with Crippen LogP contribution in [0.5, 0.6) is 0 Å². The molecule has 0 saturated heterocycles. The number of rotatable bonds is 8. The molecule has 0 aliphatic carbocycles. The molecule has 0 saturated carbocycles. The van der Waals surface area contributed by atoms with Crippen LogP contribution in [0.15, 0.2) is 223 Å². The number of pyridine rings is 8. The third-order valence-corrected chi connectivity index (χ3v) is 26.4. The second-order valence-electron chi connectivity index (χ2n) is 35.9. The van der Waals surface area contributed by atoms with Gasteiger partial charge in [-0.3, -0.25) is 9.80 Å². The zero-order chi connectivity index (χ0) is 105. The summed E-state index contributed by atoms with van der Waals surface area (Å²) in [5, 5.41) is 9.70. The predicted molar refractivity (Wildman–Crippen MR) is 549 cm³/mol. The molecule has 0 amide bonds. The Bertz CT molecular complexity index is 7940. The molecule has 25 rings (SSSR count). The minimum Gasteiger partial charge on any atom is -0.435 e. The van der Waals surface area contributed by atoms with Crippen LogP contribution in [0.25, 0.3) is 110 Å². The molecule has 0 N–H and O–H groups in total. The first-order valence-corrected chi connectivity index (χ1v) is 45.5. The number of aryl methyl sites for hydroxylation is 10. The number of hydrogen-bond donors (Lipinski definition) is 0. The highest BCUT2D eigenvalue weighted by atomic mass is 16.4. The third-order valence-electron chi connectivity index (χ3n) is 26.4. The molecular formula is C109H110N22O5. The van der Waals surface area contributed by atoms with E-state index in [-0.39, 0.29) is 12.3 Å². The topological polar surface area (TPSA) is 253 Å². The van der Waals surface area contributed by atoms with Crippen LogP contribution in [0.3, 0.4) is 0 Å². The van der Waals surface area contributed by atoms with Crippen LogP contribution in [-0.4, -0.2) is 123 Å². The zero-order valence-corrected chi connectivity index (χ0v) is 79.3. The average molecular weight is 1820 g/mol. The molecule has 20 aromatic rings. The van der Waals surface area contributed by atoms with Gasteiger partial charge in [0, 0.05) is 170 Å². The number of hydrogen-bond acceptors (Lipinski definition) is 27. The van der Waals surface area contributed by atoms with Crippen molar-refractivity contribution in [2.24, 2.45) is 0 Å². The molecule has 0 fully saturated rings. The SMILES string of the molecule is [2H]C(C)(C)N1c2ncccc2N(c2c(C)ccc3c2oc2nc(C)ccc23)C1C.[2H]C(C)(C)N1c2nccnc2N(c2c(C)ccc3c2oc2nc(C)ccc23)C1C.[2H]C([2H])([2H])C([2H])(C)N1c2ncccc2N(c2c(C)ccc3c2oc2nc(C)ccc23)C1C.[2H]C([2H])([2H])N1c2ncccc2N(c2c(C)ccc3c2oc2nc(C)ccc23)C1C.[2H]C([2H])([2H])N1c2nccnc2N(c2c(C)ccc3c2oc2nc(C)ccc23)C1C. The van der Waals surface area contributed by atoms with Crippen molar-refractivity contribution in [3.05, 3.63) is 257 Å². The Morgan fingerprint density at radius 1 is 0.257 bits per heavy atom. The van der Waals surface area contributed by atoms with Gasteiger partial charge in [-0.2, -0.15) is 0 Å². The summed E-state index contributed by atoms with van der Waals surface area (Å²) in [5.74, 6) is 4.01. The maximum absolute atomic E-state index is 8.78. The van der Waals surface area contributed by atoms with Crippen molar-refractivity contribution < 1.29 is 38.5 Å². The van der Waals surface area contributed by atoms with Gasteiger partial charge in [0.1, 0.15) is 30.8 Å². The quantitative estimate of drug-likeness (QED) is 0.137. The molecule has 27 nitrogen and oxygen atoms in total. The fourth-order valence-electron chi connectivity index (χ4n) is 20.1. The van der Waals surface area contributed by atoms with Gasteiger partial charge >= 0.3 is 0 Å². The molecule has 0 bridgehead atoms. The van der Waals surface area contributed by atoms with Crippen molar-refractivity contribution in [1.29, 1.82) is 0 Å². The van der Waals surface area contributed by atoms with E-state index in [1.165, 1.54) is 22.9 Å². The van der Waals surface area contributed by atoms with Crippen LogP contribution in [0.4, 0.5) is 86.2 Å². The first kappa shape index (κ1) is 74.0. The Morgan fingerprint density at radius 3 is 0.831 bits per heavy atom. The monoisotopic (exact) mass is 1820 g/mol. The molecule has 5 aliphatic heterocycles. The maximum atomic E-state index is 8.78. The average Bonchev–Trinajstić information content (AvgIpc) is 1.62. The van der Waals surface area contributed by atoms with E-state index in [2.05, 4.69) is 140 Å². The number of aromatic nitrogens is 12. The van der Waals surface area contributed by atoms with E-state index in [9.17, 15) is 0 Å². The summed E-state index contributed by atoms with van der Waals surface area (Å²) in [4.78, 5) is 72.8. The lowest BCUT2D eigenvalue weighted by atomic mass is 10.1. The van der Waals surface area contributed by atoms with Crippen molar-refractivity contribution in [3.63, 3.8) is 0 Å². The third kappa shape index (κ3) is 14.0. The molecular weight excluding hydrogens is 1700 g/mol. The molecule has 6 unspecified atom stereocenters. The first-order chi connectivity index (χ1) is 70.1. The molecule has 686 valence electrons. The number of nitrogens with zero attached hydrogens (tertiary/aromatic N) is 22. The first-order valence-electron chi connectivity index (χ1n) is 51.5. The number of anilines is 15. The maximum Gasteiger partial charge on any atom is 0.227 e. The summed E-state index contributed by atoms with van der Waals surface area (Å²) in [7, 11) is 0. The van der Waals surface area contributed by atoms with Gasteiger partial charge in [-0.25, -0.2) is 59.8 Å². The summed E-state index contributed by atoms with van der Waals surface area (Å²) in [6.07, 6.45) is 9.79. The Balaban J connectivity index is 0.000000108. The Morgan fingerprint density at radius 2 is 0.500 bits per heavy atom. The van der Waals surface area contributed by atoms with Crippen LogP contribution < -0.4 is 49.0 Å². The lowest BCUT2D eigenvalue weighted by Crippen LogP contribution is -2.42. The largest absolute Gasteiger partial charge is 0.435 e. The fraction of sp³-hybridized carbons (Fsp3) is 0.284. The summed E-state index contributed by atoms with van der Waals surface area (Å²) in [6.45, 7) is 31.4. The van der Waals surface area contributed by atoms with E-state index in [0.717, 1.165) is 178 Å². The van der Waals surface area contributed by atoms with E-state index in [1.54, 1.807) is 42.1 Å². The van der Waals surface area contributed by atoms with Gasteiger partial charge in [-0.15, -0.1) is 0 Å². The van der Waals surface area contributed by atoms with Crippen molar-refractivity contribution in [3.8, 4) is 0 Å². The van der Waals surface area contributed by atoms with Crippen molar-refractivity contribution in [2.75, 3.05) is 63.0 Å². The normalized spacial score (nSPS) is 18.8. The summed E-state index contributed by atoms with van der Waals surface area (Å²) < 4.78 is 129. The zero-order valence-electron chi connectivity index (χ0n) is 91.3. The molecule has 15 aromatic heterocycles. The molecule has 5 aliphatic rings. The number of benzene rings is 5.